The Morgan fingerprint density at radius 2 is 2.10 bits per heavy atom. The first-order chi connectivity index (χ1) is 14.4. The lowest BCUT2D eigenvalue weighted by Crippen LogP contribution is -2.44. The maximum absolute atomic E-state index is 13.6. The van der Waals surface area contributed by atoms with Crippen LogP contribution < -0.4 is 5.32 Å². The Labute approximate surface area is 173 Å². The molecule has 2 aliphatic rings. The molecule has 2 aliphatic heterocycles. The summed E-state index contributed by atoms with van der Waals surface area (Å²) >= 11 is 0. The summed E-state index contributed by atoms with van der Waals surface area (Å²) in [7, 11) is 1.88. The van der Waals surface area contributed by atoms with E-state index < -0.39 is 11.5 Å². The van der Waals surface area contributed by atoms with Crippen molar-refractivity contribution in [3.8, 4) is 0 Å². The lowest BCUT2D eigenvalue weighted by molar-refractivity contribution is -0.121. The average molecular weight is 405 g/mol. The number of oxazole rings is 1. The minimum absolute atomic E-state index is 0.0186. The van der Waals surface area contributed by atoms with Crippen LogP contribution in [0, 0.1) is 0 Å². The van der Waals surface area contributed by atoms with E-state index >= 15 is 0 Å². The number of benzene rings is 1. The van der Waals surface area contributed by atoms with Gasteiger partial charge in [-0.05, 0) is 18.1 Å². The van der Waals surface area contributed by atoms with Gasteiger partial charge in [-0.15, -0.1) is 0 Å². The standard InChI is InChI=1S/C22H23N5O3/c1-13(2)17-16(24-12-30-17)20(28)27-10-8-22(18(27)19-23-9-11-26(19)3)14-6-4-5-7-15(14)25-21(22)29/h4-7,9,11-13,18H,8,10H2,1-3H3,(H,25,29)/t18-,22+/m0/s1. The van der Waals surface area contributed by atoms with Gasteiger partial charge in [-0.3, -0.25) is 9.59 Å². The first-order valence-corrected chi connectivity index (χ1v) is 10.1. The largest absolute Gasteiger partial charge is 0.447 e. The molecule has 0 saturated carbocycles. The van der Waals surface area contributed by atoms with Crippen LogP contribution >= 0.6 is 0 Å². The lowest BCUT2D eigenvalue weighted by atomic mass is 9.74. The fourth-order valence-corrected chi connectivity index (χ4v) is 4.87. The number of hydrogen-bond donors (Lipinski definition) is 1. The molecule has 1 aromatic carbocycles. The maximum Gasteiger partial charge on any atom is 0.276 e. The molecule has 154 valence electrons. The van der Waals surface area contributed by atoms with E-state index in [1.54, 1.807) is 11.1 Å². The van der Waals surface area contributed by atoms with Crippen LogP contribution in [0.2, 0.25) is 0 Å². The summed E-state index contributed by atoms with van der Waals surface area (Å²) in [6.45, 7) is 4.34. The minimum Gasteiger partial charge on any atom is -0.447 e. The number of hydrogen-bond acceptors (Lipinski definition) is 5. The van der Waals surface area contributed by atoms with Gasteiger partial charge in [0.15, 0.2) is 12.1 Å². The topological polar surface area (TPSA) is 93.3 Å². The second-order valence-electron chi connectivity index (χ2n) is 8.24. The van der Waals surface area contributed by atoms with Crippen LogP contribution in [0.25, 0.3) is 0 Å². The van der Waals surface area contributed by atoms with E-state index in [9.17, 15) is 9.59 Å². The van der Waals surface area contributed by atoms with Gasteiger partial charge in [0.25, 0.3) is 5.91 Å². The van der Waals surface area contributed by atoms with Crippen LogP contribution in [0.5, 0.6) is 0 Å². The van der Waals surface area contributed by atoms with E-state index in [4.69, 9.17) is 4.42 Å². The molecule has 2 amide bonds. The van der Waals surface area contributed by atoms with Crippen molar-refractivity contribution in [2.24, 2.45) is 7.05 Å². The molecule has 0 bridgehead atoms. The van der Waals surface area contributed by atoms with Gasteiger partial charge in [-0.25, -0.2) is 9.97 Å². The van der Waals surface area contributed by atoms with Gasteiger partial charge < -0.3 is 19.2 Å². The molecule has 3 aromatic rings. The summed E-state index contributed by atoms with van der Waals surface area (Å²) in [6, 6.07) is 7.14. The van der Waals surface area contributed by atoms with Gasteiger partial charge in [-0.2, -0.15) is 0 Å². The Morgan fingerprint density at radius 3 is 2.83 bits per heavy atom. The number of likely N-dealkylation sites (tertiary alicyclic amines) is 1. The van der Waals surface area contributed by atoms with Crippen molar-refractivity contribution < 1.29 is 14.0 Å². The second-order valence-corrected chi connectivity index (χ2v) is 8.24. The number of aromatic nitrogens is 3. The van der Waals surface area contributed by atoms with Gasteiger partial charge in [0, 0.05) is 37.6 Å². The highest BCUT2D eigenvalue weighted by molar-refractivity contribution is 6.08. The van der Waals surface area contributed by atoms with Crippen LogP contribution in [0.15, 0.2) is 47.5 Å². The van der Waals surface area contributed by atoms with Crippen LogP contribution in [0.4, 0.5) is 5.69 Å². The number of rotatable bonds is 3. The fourth-order valence-electron chi connectivity index (χ4n) is 4.87. The molecule has 2 atom stereocenters. The number of carbonyl (C=O) groups is 2. The Morgan fingerprint density at radius 1 is 1.30 bits per heavy atom. The highest BCUT2D eigenvalue weighted by Gasteiger charge is 2.61. The van der Waals surface area contributed by atoms with Gasteiger partial charge in [0.05, 0.1) is 0 Å². The maximum atomic E-state index is 13.6. The molecule has 4 heterocycles. The van der Waals surface area contributed by atoms with Crippen LogP contribution in [-0.2, 0) is 17.3 Å². The molecule has 8 nitrogen and oxygen atoms in total. The van der Waals surface area contributed by atoms with E-state index in [0.29, 0.717) is 30.2 Å². The Hall–Kier alpha value is -3.42. The van der Waals surface area contributed by atoms with E-state index in [2.05, 4.69) is 15.3 Å². The molecule has 1 spiro atoms. The number of aryl methyl sites for hydroxylation is 1. The third kappa shape index (κ3) is 2.39. The van der Waals surface area contributed by atoms with Crippen molar-refractivity contribution >= 4 is 17.5 Å². The molecule has 2 aromatic heterocycles. The molecule has 1 N–H and O–H groups in total. The summed E-state index contributed by atoms with van der Waals surface area (Å²) in [4.78, 5) is 37.5. The number of amides is 2. The molecule has 5 rings (SSSR count). The summed E-state index contributed by atoms with van der Waals surface area (Å²) < 4.78 is 7.37. The second kappa shape index (κ2) is 6.55. The van der Waals surface area contributed by atoms with Crippen molar-refractivity contribution in [2.75, 3.05) is 11.9 Å². The molecule has 0 unspecified atom stereocenters. The average Bonchev–Trinajstić information content (AvgIpc) is 3.49. The molecule has 30 heavy (non-hydrogen) atoms. The summed E-state index contributed by atoms with van der Waals surface area (Å²) in [6.07, 6.45) is 5.34. The number of fused-ring (bicyclic) bond motifs is 2. The zero-order valence-electron chi connectivity index (χ0n) is 17.1. The van der Waals surface area contributed by atoms with Gasteiger partial charge >= 0.3 is 0 Å². The molecular weight excluding hydrogens is 382 g/mol. The van der Waals surface area contributed by atoms with Gasteiger partial charge in [0.2, 0.25) is 5.91 Å². The molecular formula is C22H23N5O3. The minimum atomic E-state index is -0.896. The number of nitrogens with zero attached hydrogens (tertiary/aromatic N) is 4. The monoisotopic (exact) mass is 405 g/mol. The zero-order valence-corrected chi connectivity index (χ0v) is 17.1. The molecule has 1 fully saturated rings. The Bertz CT molecular complexity index is 1150. The number of anilines is 1. The quantitative estimate of drug-likeness (QED) is 0.723. The third-order valence-electron chi connectivity index (χ3n) is 6.27. The highest BCUT2D eigenvalue weighted by atomic mass is 16.3. The fraction of sp³-hybridized carbons (Fsp3) is 0.364. The van der Waals surface area contributed by atoms with Crippen molar-refractivity contribution in [3.63, 3.8) is 0 Å². The smallest absolute Gasteiger partial charge is 0.276 e. The molecule has 0 aliphatic carbocycles. The van der Waals surface area contributed by atoms with Crippen molar-refractivity contribution in [1.29, 1.82) is 0 Å². The van der Waals surface area contributed by atoms with Crippen molar-refractivity contribution in [1.82, 2.24) is 19.4 Å². The highest BCUT2D eigenvalue weighted by Crippen LogP contribution is 2.54. The Kier molecular flexibility index (Phi) is 4.06. The molecule has 8 heteroatoms. The number of imidazole rings is 1. The number of para-hydroxylation sites is 1. The lowest BCUT2D eigenvalue weighted by Gasteiger charge is -2.33. The van der Waals surface area contributed by atoms with Crippen LogP contribution in [0.1, 0.15) is 59.9 Å². The summed E-state index contributed by atoms with van der Waals surface area (Å²) in [5, 5.41) is 3.02. The third-order valence-corrected chi connectivity index (χ3v) is 6.27. The van der Waals surface area contributed by atoms with E-state index in [1.807, 2.05) is 55.9 Å². The molecule has 0 radical (unpaired) electrons. The van der Waals surface area contributed by atoms with Crippen LogP contribution in [0.3, 0.4) is 0 Å². The number of carbonyl (C=O) groups excluding carboxylic acids is 2. The number of nitrogens with one attached hydrogen (secondary N) is 1. The van der Waals surface area contributed by atoms with Crippen molar-refractivity contribution in [3.05, 3.63) is 65.9 Å². The van der Waals surface area contributed by atoms with E-state index in [-0.39, 0.29) is 17.7 Å². The SMILES string of the molecule is CC(C)c1ocnc1C(=O)N1CC[C@]2(C(=O)Nc3ccccc32)[C@@H]1c1nccn1C. The summed E-state index contributed by atoms with van der Waals surface area (Å²) in [5.41, 5.74) is 1.10. The molecule has 1 saturated heterocycles. The van der Waals surface area contributed by atoms with Crippen LogP contribution in [-0.4, -0.2) is 37.8 Å². The zero-order chi connectivity index (χ0) is 21.0. The predicted molar refractivity (Wildman–Crippen MR) is 109 cm³/mol. The predicted octanol–water partition coefficient (Wildman–Crippen LogP) is 3.01. The first kappa shape index (κ1) is 18.6. The van der Waals surface area contributed by atoms with E-state index in [1.165, 1.54) is 6.39 Å². The normalized spacial score (nSPS) is 22.7. The van der Waals surface area contributed by atoms with Gasteiger partial charge in [-0.1, -0.05) is 32.0 Å². The van der Waals surface area contributed by atoms with Crippen molar-refractivity contribution in [2.45, 2.75) is 37.6 Å². The summed E-state index contributed by atoms with van der Waals surface area (Å²) in [5.74, 6) is 0.897. The van der Waals surface area contributed by atoms with Gasteiger partial charge in [0.1, 0.15) is 23.0 Å². The van der Waals surface area contributed by atoms with E-state index in [0.717, 1.165) is 11.3 Å². The first-order valence-electron chi connectivity index (χ1n) is 10.1. The Balaban J connectivity index is 1.67.